The Morgan fingerprint density at radius 2 is 2.20 bits per heavy atom. The van der Waals surface area contributed by atoms with E-state index in [0.29, 0.717) is 18.7 Å². The molecule has 112 valence electrons. The Balaban J connectivity index is 2.92. The summed E-state index contributed by atoms with van der Waals surface area (Å²) in [6.07, 6.45) is -3.94. The van der Waals surface area contributed by atoms with Crippen LogP contribution in [0.4, 0.5) is 24.5 Å². The van der Waals surface area contributed by atoms with Gasteiger partial charge in [-0.25, -0.2) is 4.98 Å². The molecule has 9 heteroatoms. The van der Waals surface area contributed by atoms with Crippen molar-refractivity contribution >= 4 is 11.4 Å². The quantitative estimate of drug-likeness (QED) is 0.621. The molecule has 0 aliphatic rings. The van der Waals surface area contributed by atoms with Crippen molar-refractivity contribution in [3.05, 3.63) is 28.1 Å². The maximum atomic E-state index is 12.5. The Morgan fingerprint density at radius 3 is 2.70 bits per heavy atom. The summed E-state index contributed by atoms with van der Waals surface area (Å²) >= 11 is 0. The van der Waals surface area contributed by atoms with Crippen molar-refractivity contribution in [3.63, 3.8) is 0 Å². The van der Waals surface area contributed by atoms with Crippen LogP contribution in [0.3, 0.4) is 0 Å². The highest BCUT2D eigenvalue weighted by molar-refractivity contribution is 5.61. The van der Waals surface area contributed by atoms with Crippen molar-refractivity contribution in [3.8, 4) is 0 Å². The number of alkyl halides is 3. The molecule has 1 aromatic rings. The van der Waals surface area contributed by atoms with E-state index in [1.54, 1.807) is 6.92 Å². The molecule has 0 amide bonds. The fraction of sp³-hybridized carbons (Fsp3) is 0.545. The van der Waals surface area contributed by atoms with Crippen molar-refractivity contribution in [2.24, 2.45) is 0 Å². The highest BCUT2D eigenvalue weighted by Gasteiger charge is 2.34. The molecule has 0 radical (unpaired) electrons. The first-order chi connectivity index (χ1) is 9.25. The average Bonchev–Trinajstić information content (AvgIpc) is 2.37. The van der Waals surface area contributed by atoms with Crippen LogP contribution in [-0.4, -0.2) is 27.7 Å². The number of aliphatic hydroxyl groups is 1. The van der Waals surface area contributed by atoms with Crippen LogP contribution in [0.5, 0.6) is 0 Å². The minimum Gasteiger partial charge on any atom is -0.393 e. The first kappa shape index (κ1) is 16.2. The van der Waals surface area contributed by atoms with Crippen LogP contribution < -0.4 is 5.32 Å². The van der Waals surface area contributed by atoms with E-state index in [-0.39, 0.29) is 18.7 Å². The molecule has 1 rings (SSSR count). The van der Waals surface area contributed by atoms with Gasteiger partial charge in [-0.1, -0.05) is 6.92 Å². The number of aliphatic hydroxyl groups excluding tert-OH is 1. The summed E-state index contributed by atoms with van der Waals surface area (Å²) in [4.78, 5) is 13.0. The zero-order valence-corrected chi connectivity index (χ0v) is 10.6. The standard InChI is InChI=1S/C11H14F3N3O3/c1-2-7(18)3-4-15-8-5-10(11(12,13)14)16-6-9(8)17(19)20/h5-7,18H,2-4H2,1H3,(H,15,16). The lowest BCUT2D eigenvalue weighted by atomic mass is 10.2. The maximum Gasteiger partial charge on any atom is 0.433 e. The SMILES string of the molecule is CCC(O)CCNc1cc(C(F)(F)F)ncc1[N+](=O)[O-]. The largest absolute Gasteiger partial charge is 0.433 e. The van der Waals surface area contributed by atoms with E-state index in [2.05, 4.69) is 10.3 Å². The van der Waals surface area contributed by atoms with Crippen LogP contribution >= 0.6 is 0 Å². The third-order valence-electron chi connectivity index (χ3n) is 2.63. The molecule has 6 nitrogen and oxygen atoms in total. The molecule has 1 unspecified atom stereocenters. The molecule has 1 aromatic heterocycles. The predicted molar refractivity (Wildman–Crippen MR) is 65.3 cm³/mol. The van der Waals surface area contributed by atoms with Gasteiger partial charge in [-0.3, -0.25) is 10.1 Å². The van der Waals surface area contributed by atoms with Gasteiger partial charge < -0.3 is 10.4 Å². The molecular weight excluding hydrogens is 279 g/mol. The van der Waals surface area contributed by atoms with E-state index in [4.69, 9.17) is 0 Å². The van der Waals surface area contributed by atoms with Crippen molar-refractivity contribution < 1.29 is 23.2 Å². The zero-order valence-electron chi connectivity index (χ0n) is 10.6. The summed E-state index contributed by atoms with van der Waals surface area (Å²) in [5, 5.41) is 22.6. The van der Waals surface area contributed by atoms with E-state index >= 15 is 0 Å². The number of pyridine rings is 1. The molecule has 0 aliphatic carbocycles. The monoisotopic (exact) mass is 293 g/mol. The average molecular weight is 293 g/mol. The zero-order chi connectivity index (χ0) is 15.3. The molecule has 0 aliphatic heterocycles. The smallest absolute Gasteiger partial charge is 0.393 e. The van der Waals surface area contributed by atoms with Gasteiger partial charge in [0.1, 0.15) is 17.6 Å². The van der Waals surface area contributed by atoms with Gasteiger partial charge in [-0.2, -0.15) is 13.2 Å². The molecule has 0 spiro atoms. The number of rotatable bonds is 6. The molecule has 0 saturated heterocycles. The van der Waals surface area contributed by atoms with Crippen LogP contribution in [0.15, 0.2) is 12.3 Å². The van der Waals surface area contributed by atoms with Crippen molar-refractivity contribution in [1.29, 1.82) is 0 Å². The fourth-order valence-corrected chi connectivity index (χ4v) is 1.47. The van der Waals surface area contributed by atoms with Gasteiger partial charge in [-0.05, 0) is 18.9 Å². The van der Waals surface area contributed by atoms with Gasteiger partial charge >= 0.3 is 11.9 Å². The second-order valence-corrected chi connectivity index (χ2v) is 4.12. The molecule has 2 N–H and O–H groups in total. The van der Waals surface area contributed by atoms with E-state index in [1.165, 1.54) is 0 Å². The summed E-state index contributed by atoms with van der Waals surface area (Å²) in [6.45, 7) is 1.87. The third kappa shape index (κ3) is 4.34. The van der Waals surface area contributed by atoms with Crippen LogP contribution in [-0.2, 0) is 6.18 Å². The fourth-order valence-electron chi connectivity index (χ4n) is 1.47. The summed E-state index contributed by atoms with van der Waals surface area (Å²) < 4.78 is 37.5. The summed E-state index contributed by atoms with van der Waals surface area (Å²) in [5.41, 5.74) is -2.01. The highest BCUT2D eigenvalue weighted by Crippen LogP contribution is 2.32. The Bertz CT molecular complexity index is 480. The van der Waals surface area contributed by atoms with Crippen molar-refractivity contribution in [2.75, 3.05) is 11.9 Å². The topological polar surface area (TPSA) is 88.3 Å². The van der Waals surface area contributed by atoms with Crippen LogP contribution in [0.2, 0.25) is 0 Å². The predicted octanol–water partition coefficient (Wildman–Crippen LogP) is 2.58. The number of halogens is 3. The Morgan fingerprint density at radius 1 is 1.55 bits per heavy atom. The Labute approximate surface area is 112 Å². The summed E-state index contributed by atoms with van der Waals surface area (Å²) in [6, 6.07) is 0.594. The van der Waals surface area contributed by atoms with Gasteiger partial charge in [0.25, 0.3) is 0 Å². The van der Waals surface area contributed by atoms with Gasteiger partial charge in [0, 0.05) is 6.54 Å². The summed E-state index contributed by atoms with van der Waals surface area (Å²) in [5.74, 6) is 0. The van der Waals surface area contributed by atoms with Crippen molar-refractivity contribution in [1.82, 2.24) is 4.98 Å². The third-order valence-corrected chi connectivity index (χ3v) is 2.63. The lowest BCUT2D eigenvalue weighted by molar-refractivity contribution is -0.384. The molecule has 20 heavy (non-hydrogen) atoms. The molecule has 1 heterocycles. The lowest BCUT2D eigenvalue weighted by Gasteiger charge is -2.12. The number of hydrogen-bond acceptors (Lipinski definition) is 5. The van der Waals surface area contributed by atoms with Gasteiger partial charge in [0.2, 0.25) is 0 Å². The molecule has 0 saturated carbocycles. The highest BCUT2D eigenvalue weighted by atomic mass is 19.4. The molecular formula is C11H14F3N3O3. The normalized spacial score (nSPS) is 13.1. The van der Waals surface area contributed by atoms with Crippen LogP contribution in [0.25, 0.3) is 0 Å². The Hall–Kier alpha value is -1.90. The van der Waals surface area contributed by atoms with Gasteiger partial charge in [0.05, 0.1) is 11.0 Å². The number of aromatic nitrogens is 1. The van der Waals surface area contributed by atoms with E-state index in [9.17, 15) is 28.4 Å². The number of anilines is 1. The maximum absolute atomic E-state index is 12.5. The molecule has 0 fully saturated rings. The van der Waals surface area contributed by atoms with E-state index in [1.807, 2.05) is 0 Å². The minimum atomic E-state index is -4.67. The lowest BCUT2D eigenvalue weighted by Crippen LogP contribution is -2.14. The molecule has 0 aromatic carbocycles. The second kappa shape index (κ2) is 6.51. The van der Waals surface area contributed by atoms with Gasteiger partial charge in [0.15, 0.2) is 0 Å². The first-order valence-corrected chi connectivity index (χ1v) is 5.89. The van der Waals surface area contributed by atoms with E-state index < -0.39 is 28.6 Å². The summed E-state index contributed by atoms with van der Waals surface area (Å²) in [7, 11) is 0. The number of nitrogens with zero attached hydrogens (tertiary/aromatic N) is 2. The molecule has 1 atom stereocenters. The molecule has 0 bridgehead atoms. The van der Waals surface area contributed by atoms with Gasteiger partial charge in [-0.15, -0.1) is 0 Å². The number of hydrogen-bond donors (Lipinski definition) is 2. The first-order valence-electron chi connectivity index (χ1n) is 5.89. The second-order valence-electron chi connectivity index (χ2n) is 4.12. The number of nitrogens with one attached hydrogen (secondary N) is 1. The number of nitro groups is 1. The Kier molecular flexibility index (Phi) is 5.26. The van der Waals surface area contributed by atoms with Crippen LogP contribution in [0.1, 0.15) is 25.5 Å². The van der Waals surface area contributed by atoms with Crippen LogP contribution in [0, 0.1) is 10.1 Å². The van der Waals surface area contributed by atoms with Crippen molar-refractivity contribution in [2.45, 2.75) is 32.0 Å². The minimum absolute atomic E-state index is 0.122. The van der Waals surface area contributed by atoms with E-state index in [0.717, 1.165) is 0 Å².